The van der Waals surface area contributed by atoms with Gasteiger partial charge in [0.25, 0.3) is 0 Å². The number of aliphatic imine (C=N–C) groups is 1. The number of rotatable bonds is 3. The van der Waals surface area contributed by atoms with Crippen LogP contribution >= 0.6 is 0 Å². The fourth-order valence-corrected chi connectivity index (χ4v) is 3.11. The van der Waals surface area contributed by atoms with E-state index in [9.17, 15) is 8.78 Å². The molecule has 134 valence electrons. The Bertz CT molecular complexity index is 990. The Labute approximate surface area is 156 Å². The maximum atomic E-state index is 13.3. The molecule has 4 heteroatoms. The molecule has 0 fully saturated rings. The topological polar surface area (TPSA) is 24.4 Å². The molecule has 1 aliphatic heterocycles. The van der Waals surface area contributed by atoms with E-state index in [1.165, 1.54) is 24.3 Å². The highest BCUT2D eigenvalue weighted by Gasteiger charge is 2.18. The van der Waals surface area contributed by atoms with E-state index in [-0.39, 0.29) is 17.7 Å². The fraction of sp³-hybridized carbons (Fsp3) is 0.0870. The first-order valence-corrected chi connectivity index (χ1v) is 8.80. The second-order valence-corrected chi connectivity index (χ2v) is 6.46. The van der Waals surface area contributed by atoms with Crippen LogP contribution in [0.25, 0.3) is 6.08 Å². The lowest BCUT2D eigenvalue weighted by Crippen LogP contribution is -2.12. The average molecular weight is 360 g/mol. The Balaban J connectivity index is 1.67. The largest absolute Gasteiger partial charge is 0.376 e. The van der Waals surface area contributed by atoms with Gasteiger partial charge in [0.15, 0.2) is 0 Å². The van der Waals surface area contributed by atoms with Crippen LogP contribution in [0.5, 0.6) is 0 Å². The van der Waals surface area contributed by atoms with Crippen molar-refractivity contribution >= 4 is 23.2 Å². The number of benzene rings is 3. The summed E-state index contributed by atoms with van der Waals surface area (Å²) in [7, 11) is 0. The van der Waals surface area contributed by atoms with Gasteiger partial charge in [0.1, 0.15) is 11.6 Å². The van der Waals surface area contributed by atoms with Gasteiger partial charge < -0.3 is 5.32 Å². The SMILES string of the molecule is Fc1ccc(/C=C/C2=Nc3ccccc3N[C@@H](c3ccc(F)cc3)C2)cc1. The molecule has 0 aliphatic carbocycles. The summed E-state index contributed by atoms with van der Waals surface area (Å²) in [6.45, 7) is 0. The Morgan fingerprint density at radius 1 is 0.815 bits per heavy atom. The molecule has 0 amide bonds. The van der Waals surface area contributed by atoms with Crippen molar-refractivity contribution in [2.45, 2.75) is 12.5 Å². The van der Waals surface area contributed by atoms with Crippen molar-refractivity contribution in [3.05, 3.63) is 102 Å². The van der Waals surface area contributed by atoms with E-state index in [4.69, 9.17) is 4.99 Å². The van der Waals surface area contributed by atoms with E-state index in [2.05, 4.69) is 5.32 Å². The second-order valence-electron chi connectivity index (χ2n) is 6.46. The number of halogens is 2. The average Bonchev–Trinajstić information content (AvgIpc) is 2.87. The van der Waals surface area contributed by atoms with Crippen molar-refractivity contribution in [2.24, 2.45) is 4.99 Å². The Hall–Kier alpha value is -3.27. The number of nitrogens with zero attached hydrogens (tertiary/aromatic N) is 1. The molecule has 1 atom stereocenters. The zero-order valence-corrected chi connectivity index (χ0v) is 14.6. The number of fused-ring (bicyclic) bond motifs is 1. The van der Waals surface area contributed by atoms with Crippen LogP contribution < -0.4 is 5.32 Å². The van der Waals surface area contributed by atoms with Gasteiger partial charge in [-0.1, -0.05) is 42.5 Å². The molecule has 3 aromatic rings. The summed E-state index contributed by atoms with van der Waals surface area (Å²) >= 11 is 0. The highest BCUT2D eigenvalue weighted by Crippen LogP contribution is 2.34. The van der Waals surface area contributed by atoms with Gasteiger partial charge in [0.2, 0.25) is 0 Å². The van der Waals surface area contributed by atoms with E-state index in [0.29, 0.717) is 6.42 Å². The zero-order chi connectivity index (χ0) is 18.6. The van der Waals surface area contributed by atoms with Crippen molar-refractivity contribution in [3.63, 3.8) is 0 Å². The molecular weight excluding hydrogens is 342 g/mol. The molecule has 0 unspecified atom stereocenters. The number of hydrogen-bond acceptors (Lipinski definition) is 2. The highest BCUT2D eigenvalue weighted by molar-refractivity contribution is 6.02. The van der Waals surface area contributed by atoms with Gasteiger partial charge in [-0.3, -0.25) is 4.99 Å². The minimum Gasteiger partial charge on any atom is -0.376 e. The van der Waals surface area contributed by atoms with E-state index in [0.717, 1.165) is 28.2 Å². The van der Waals surface area contributed by atoms with Crippen LogP contribution in [0, 0.1) is 11.6 Å². The molecule has 3 aromatic carbocycles. The van der Waals surface area contributed by atoms with Crippen LogP contribution in [0.4, 0.5) is 20.2 Å². The van der Waals surface area contributed by atoms with E-state index in [1.807, 2.05) is 36.4 Å². The Morgan fingerprint density at radius 3 is 2.22 bits per heavy atom. The summed E-state index contributed by atoms with van der Waals surface area (Å²) in [6, 6.07) is 20.7. The summed E-state index contributed by atoms with van der Waals surface area (Å²) in [5, 5.41) is 3.51. The molecule has 0 radical (unpaired) electrons. The summed E-state index contributed by atoms with van der Waals surface area (Å²) in [5.74, 6) is -0.508. The fourth-order valence-electron chi connectivity index (χ4n) is 3.11. The smallest absolute Gasteiger partial charge is 0.123 e. The van der Waals surface area contributed by atoms with Crippen molar-refractivity contribution in [1.29, 1.82) is 0 Å². The van der Waals surface area contributed by atoms with Crippen molar-refractivity contribution in [2.75, 3.05) is 5.32 Å². The first-order valence-electron chi connectivity index (χ1n) is 8.80. The number of allylic oxidation sites excluding steroid dienone is 1. The Morgan fingerprint density at radius 2 is 1.48 bits per heavy atom. The predicted molar refractivity (Wildman–Crippen MR) is 106 cm³/mol. The zero-order valence-electron chi connectivity index (χ0n) is 14.6. The maximum Gasteiger partial charge on any atom is 0.123 e. The first kappa shape index (κ1) is 17.2. The normalized spacial score (nSPS) is 16.4. The first-order chi connectivity index (χ1) is 13.2. The van der Waals surface area contributed by atoms with Gasteiger partial charge in [0, 0.05) is 12.1 Å². The van der Waals surface area contributed by atoms with E-state index in [1.54, 1.807) is 24.3 Å². The lowest BCUT2D eigenvalue weighted by atomic mass is 10.0. The van der Waals surface area contributed by atoms with Crippen LogP contribution in [0.1, 0.15) is 23.6 Å². The van der Waals surface area contributed by atoms with Gasteiger partial charge in [-0.15, -0.1) is 0 Å². The summed E-state index contributed by atoms with van der Waals surface area (Å²) in [6.07, 6.45) is 4.53. The van der Waals surface area contributed by atoms with Crippen LogP contribution in [0.2, 0.25) is 0 Å². The van der Waals surface area contributed by atoms with Crippen molar-refractivity contribution < 1.29 is 8.78 Å². The van der Waals surface area contributed by atoms with Gasteiger partial charge in [-0.2, -0.15) is 0 Å². The quantitative estimate of drug-likeness (QED) is 0.582. The molecule has 1 N–H and O–H groups in total. The molecule has 0 saturated heterocycles. The maximum absolute atomic E-state index is 13.3. The number of hydrogen-bond donors (Lipinski definition) is 1. The minimum atomic E-state index is -0.256. The van der Waals surface area contributed by atoms with Gasteiger partial charge >= 0.3 is 0 Å². The predicted octanol–water partition coefficient (Wildman–Crippen LogP) is 6.31. The molecule has 2 nitrogen and oxygen atoms in total. The number of anilines is 1. The number of nitrogens with one attached hydrogen (secondary N) is 1. The van der Waals surface area contributed by atoms with Crippen LogP contribution in [0.15, 0.2) is 83.9 Å². The van der Waals surface area contributed by atoms with Gasteiger partial charge in [-0.25, -0.2) is 8.78 Å². The summed E-state index contributed by atoms with van der Waals surface area (Å²) in [4.78, 5) is 4.78. The van der Waals surface area contributed by atoms with Gasteiger partial charge in [-0.05, 0) is 53.6 Å². The van der Waals surface area contributed by atoms with Crippen LogP contribution in [0.3, 0.4) is 0 Å². The standard InChI is InChI=1S/C23H18F2N2/c24-18-10-5-16(6-11-18)7-14-20-15-23(17-8-12-19(25)13-9-17)27-22-4-2-1-3-21(22)26-20/h1-14,23,27H,15H2/b14-7+/t23-/m1/s1. The van der Waals surface area contributed by atoms with Crippen LogP contribution in [-0.4, -0.2) is 5.71 Å². The lowest BCUT2D eigenvalue weighted by molar-refractivity contribution is 0.626. The third-order valence-electron chi connectivity index (χ3n) is 4.52. The molecule has 0 aromatic heterocycles. The van der Waals surface area contributed by atoms with Crippen LogP contribution in [-0.2, 0) is 0 Å². The molecule has 4 rings (SSSR count). The third kappa shape index (κ3) is 4.11. The monoisotopic (exact) mass is 360 g/mol. The molecule has 1 heterocycles. The molecule has 1 aliphatic rings. The lowest BCUT2D eigenvalue weighted by Gasteiger charge is -2.18. The number of para-hydroxylation sites is 2. The van der Waals surface area contributed by atoms with Gasteiger partial charge in [0.05, 0.1) is 17.4 Å². The third-order valence-corrected chi connectivity index (χ3v) is 4.52. The van der Waals surface area contributed by atoms with E-state index < -0.39 is 0 Å². The van der Waals surface area contributed by atoms with E-state index >= 15 is 0 Å². The summed E-state index contributed by atoms with van der Waals surface area (Å²) in [5.41, 5.74) is 4.60. The molecule has 27 heavy (non-hydrogen) atoms. The minimum absolute atomic E-state index is 0.0223. The molecule has 0 saturated carbocycles. The Kier molecular flexibility index (Phi) is 4.79. The summed E-state index contributed by atoms with van der Waals surface area (Å²) < 4.78 is 26.4. The van der Waals surface area contributed by atoms with Crippen molar-refractivity contribution in [3.8, 4) is 0 Å². The molecular formula is C23H18F2N2. The van der Waals surface area contributed by atoms with Crippen molar-refractivity contribution in [1.82, 2.24) is 0 Å². The second kappa shape index (κ2) is 7.54. The molecule has 0 spiro atoms. The molecule has 0 bridgehead atoms. The highest BCUT2D eigenvalue weighted by atomic mass is 19.1.